The molecule has 0 amide bonds. The number of aryl methyl sites for hydroxylation is 1. The van der Waals surface area contributed by atoms with Crippen molar-refractivity contribution in [2.24, 2.45) is 0 Å². The van der Waals surface area contributed by atoms with E-state index in [-0.39, 0.29) is 5.78 Å². The Hall–Kier alpha value is -2.42. The van der Waals surface area contributed by atoms with Crippen LogP contribution in [0.5, 0.6) is 11.5 Å². The van der Waals surface area contributed by atoms with Crippen molar-refractivity contribution in [3.05, 3.63) is 65.5 Å². The van der Waals surface area contributed by atoms with E-state index in [4.69, 9.17) is 4.74 Å². The second kappa shape index (κ2) is 6.15. The average Bonchev–Trinajstić information content (AvgIpc) is 2.48. The number of Topliss-reactive ketones (excluding diaryl/α,β-unsaturated/α-hetero) is 1. The number of allylic oxidation sites excluding steroid dienone is 2. The number of carbonyl (C=O) groups excluding carboxylic acids is 1. The lowest BCUT2D eigenvalue weighted by Crippen LogP contribution is -2.03. The van der Waals surface area contributed by atoms with Gasteiger partial charge in [-0.1, -0.05) is 23.8 Å². The van der Waals surface area contributed by atoms with Crippen LogP contribution in [0.2, 0.25) is 0 Å². The fraction of sp³-hybridized carbons (Fsp3) is 0.176. The monoisotopic (exact) mass is 267 g/mol. The molecule has 0 aliphatic carbocycles. The Labute approximate surface area is 118 Å². The number of aromatic nitrogens is 1. The van der Waals surface area contributed by atoms with Crippen LogP contribution < -0.4 is 4.74 Å². The zero-order valence-electron chi connectivity index (χ0n) is 11.9. The Morgan fingerprint density at radius 3 is 2.50 bits per heavy atom. The summed E-state index contributed by atoms with van der Waals surface area (Å²) in [4.78, 5) is 16.1. The van der Waals surface area contributed by atoms with Crippen molar-refractivity contribution in [3.63, 3.8) is 0 Å². The largest absolute Gasteiger partial charge is 0.457 e. The lowest BCUT2D eigenvalue weighted by molar-refractivity contribution is 0.102. The average molecular weight is 267 g/mol. The number of rotatable bonds is 4. The summed E-state index contributed by atoms with van der Waals surface area (Å²) in [6, 6.07) is 11.2. The van der Waals surface area contributed by atoms with Crippen LogP contribution in [0.15, 0.2) is 54.2 Å². The number of hydrogen-bond donors (Lipinski definition) is 0. The summed E-state index contributed by atoms with van der Waals surface area (Å²) in [7, 11) is 0. The van der Waals surface area contributed by atoms with Crippen molar-refractivity contribution in [1.29, 1.82) is 0 Å². The molecule has 0 bridgehead atoms. The molecule has 20 heavy (non-hydrogen) atoms. The second-order valence-corrected chi connectivity index (χ2v) is 4.59. The minimum atomic E-state index is -0.0816. The van der Waals surface area contributed by atoms with E-state index in [0.29, 0.717) is 17.0 Å². The van der Waals surface area contributed by atoms with E-state index in [0.717, 1.165) is 5.75 Å². The fourth-order valence-electron chi connectivity index (χ4n) is 1.67. The first-order chi connectivity index (χ1) is 9.60. The van der Waals surface area contributed by atoms with Gasteiger partial charge in [0.1, 0.15) is 17.2 Å². The number of benzene rings is 1. The van der Waals surface area contributed by atoms with E-state index in [2.05, 4.69) is 4.98 Å². The predicted octanol–water partition coefficient (Wildman–Crippen LogP) is 4.33. The number of pyridine rings is 1. The van der Waals surface area contributed by atoms with Gasteiger partial charge in [-0.25, -0.2) is 0 Å². The Morgan fingerprint density at radius 1 is 1.15 bits per heavy atom. The molecule has 102 valence electrons. The van der Waals surface area contributed by atoms with Gasteiger partial charge in [-0.15, -0.1) is 0 Å². The highest BCUT2D eigenvalue weighted by Crippen LogP contribution is 2.22. The Bertz CT molecular complexity index is 642. The fourth-order valence-corrected chi connectivity index (χ4v) is 1.67. The highest BCUT2D eigenvalue weighted by Gasteiger charge is 2.10. The molecule has 0 aliphatic rings. The first-order valence-electron chi connectivity index (χ1n) is 6.48. The number of ketones is 1. The molecule has 2 aromatic rings. The Kier molecular flexibility index (Phi) is 4.31. The molecule has 2 rings (SSSR count). The SMILES string of the molecule is C/C=C(/C)C(=O)c1cc(Oc2ccc(C)cc2)ccn1. The van der Waals surface area contributed by atoms with Gasteiger partial charge in [0.05, 0.1) is 0 Å². The maximum Gasteiger partial charge on any atom is 0.206 e. The van der Waals surface area contributed by atoms with E-state index >= 15 is 0 Å². The lowest BCUT2D eigenvalue weighted by atomic mass is 10.1. The van der Waals surface area contributed by atoms with E-state index in [1.807, 2.05) is 38.1 Å². The molecule has 3 nitrogen and oxygen atoms in total. The lowest BCUT2D eigenvalue weighted by Gasteiger charge is -2.07. The van der Waals surface area contributed by atoms with Crippen LogP contribution in [0.1, 0.15) is 29.9 Å². The number of nitrogens with zero attached hydrogens (tertiary/aromatic N) is 1. The van der Waals surface area contributed by atoms with E-state index < -0.39 is 0 Å². The number of carbonyl (C=O) groups is 1. The van der Waals surface area contributed by atoms with Crippen molar-refractivity contribution < 1.29 is 9.53 Å². The van der Waals surface area contributed by atoms with Gasteiger partial charge in [-0.2, -0.15) is 0 Å². The number of hydrogen-bond acceptors (Lipinski definition) is 3. The summed E-state index contributed by atoms with van der Waals surface area (Å²) in [6.45, 7) is 5.63. The number of ether oxygens (including phenoxy) is 1. The first-order valence-corrected chi connectivity index (χ1v) is 6.48. The standard InChI is InChI=1S/C17H17NO2/c1-4-13(3)17(19)16-11-15(9-10-18-16)20-14-7-5-12(2)6-8-14/h4-11H,1-3H3/b13-4-. The molecule has 0 saturated carbocycles. The third-order valence-electron chi connectivity index (χ3n) is 3.01. The molecule has 0 aliphatic heterocycles. The Morgan fingerprint density at radius 2 is 1.85 bits per heavy atom. The van der Waals surface area contributed by atoms with Crippen molar-refractivity contribution >= 4 is 5.78 Å². The summed E-state index contributed by atoms with van der Waals surface area (Å²) < 4.78 is 5.73. The van der Waals surface area contributed by atoms with Gasteiger partial charge in [-0.3, -0.25) is 9.78 Å². The molecule has 0 N–H and O–H groups in total. The summed E-state index contributed by atoms with van der Waals surface area (Å²) in [5.41, 5.74) is 2.24. The van der Waals surface area contributed by atoms with Crippen LogP contribution in [0, 0.1) is 6.92 Å². The summed E-state index contributed by atoms with van der Waals surface area (Å²) in [5, 5.41) is 0. The quantitative estimate of drug-likeness (QED) is 0.611. The summed E-state index contributed by atoms with van der Waals surface area (Å²) in [6.07, 6.45) is 3.36. The highest BCUT2D eigenvalue weighted by atomic mass is 16.5. The minimum Gasteiger partial charge on any atom is -0.457 e. The topological polar surface area (TPSA) is 39.2 Å². The highest BCUT2D eigenvalue weighted by molar-refractivity contribution is 6.07. The van der Waals surface area contributed by atoms with Gasteiger partial charge < -0.3 is 4.74 Å². The molecule has 0 saturated heterocycles. The second-order valence-electron chi connectivity index (χ2n) is 4.59. The van der Waals surface area contributed by atoms with Crippen LogP contribution in [0.4, 0.5) is 0 Å². The van der Waals surface area contributed by atoms with Crippen molar-refractivity contribution in [2.75, 3.05) is 0 Å². The maximum atomic E-state index is 12.0. The van der Waals surface area contributed by atoms with Crippen molar-refractivity contribution in [1.82, 2.24) is 4.98 Å². The smallest absolute Gasteiger partial charge is 0.206 e. The maximum absolute atomic E-state index is 12.0. The van der Waals surface area contributed by atoms with Gasteiger partial charge in [0.2, 0.25) is 5.78 Å². The minimum absolute atomic E-state index is 0.0816. The molecule has 1 aromatic carbocycles. The zero-order valence-corrected chi connectivity index (χ0v) is 11.9. The molecule has 1 aromatic heterocycles. The van der Waals surface area contributed by atoms with Gasteiger partial charge in [0, 0.05) is 12.3 Å². The first kappa shape index (κ1) is 14.0. The molecule has 0 atom stereocenters. The van der Waals surface area contributed by atoms with Gasteiger partial charge in [-0.05, 0) is 44.5 Å². The van der Waals surface area contributed by atoms with Gasteiger partial charge in [0.15, 0.2) is 0 Å². The predicted molar refractivity (Wildman–Crippen MR) is 79.3 cm³/mol. The van der Waals surface area contributed by atoms with E-state index in [1.54, 1.807) is 31.3 Å². The molecular formula is C17H17NO2. The molecule has 0 radical (unpaired) electrons. The van der Waals surface area contributed by atoms with Crippen LogP contribution in [0.25, 0.3) is 0 Å². The van der Waals surface area contributed by atoms with Crippen LogP contribution >= 0.6 is 0 Å². The molecule has 0 spiro atoms. The van der Waals surface area contributed by atoms with E-state index in [9.17, 15) is 4.79 Å². The van der Waals surface area contributed by atoms with E-state index in [1.165, 1.54) is 5.56 Å². The molecule has 3 heteroatoms. The van der Waals surface area contributed by atoms with Crippen molar-refractivity contribution in [2.45, 2.75) is 20.8 Å². The van der Waals surface area contributed by atoms with Crippen LogP contribution in [0.3, 0.4) is 0 Å². The molecule has 0 unspecified atom stereocenters. The molecular weight excluding hydrogens is 250 g/mol. The third kappa shape index (κ3) is 3.32. The van der Waals surface area contributed by atoms with Gasteiger partial charge in [0.25, 0.3) is 0 Å². The molecule has 0 fully saturated rings. The van der Waals surface area contributed by atoms with Gasteiger partial charge >= 0.3 is 0 Å². The summed E-state index contributed by atoms with van der Waals surface area (Å²) in [5.74, 6) is 1.26. The third-order valence-corrected chi connectivity index (χ3v) is 3.01. The van der Waals surface area contributed by atoms with Crippen molar-refractivity contribution in [3.8, 4) is 11.5 Å². The zero-order chi connectivity index (χ0) is 14.5. The Balaban J connectivity index is 2.22. The molecule has 1 heterocycles. The van der Waals surface area contributed by atoms with Crippen LogP contribution in [-0.2, 0) is 0 Å². The summed E-state index contributed by atoms with van der Waals surface area (Å²) >= 11 is 0. The normalized spacial score (nSPS) is 11.2. The van der Waals surface area contributed by atoms with Crippen LogP contribution in [-0.4, -0.2) is 10.8 Å².